The van der Waals surface area contributed by atoms with Gasteiger partial charge in [0.2, 0.25) is 0 Å². The van der Waals surface area contributed by atoms with Gasteiger partial charge in [0.15, 0.2) is 23.0 Å². The minimum atomic E-state index is -0.544. The van der Waals surface area contributed by atoms with Crippen molar-refractivity contribution in [3.8, 4) is 11.3 Å². The van der Waals surface area contributed by atoms with E-state index in [9.17, 15) is 9.18 Å². The highest BCUT2D eigenvalue weighted by Crippen LogP contribution is 2.25. The summed E-state index contributed by atoms with van der Waals surface area (Å²) in [6, 6.07) is 7.75. The van der Waals surface area contributed by atoms with Crippen molar-refractivity contribution in [2.24, 2.45) is 0 Å². The third kappa shape index (κ3) is 2.70. The van der Waals surface area contributed by atoms with Crippen molar-refractivity contribution in [1.82, 2.24) is 29.3 Å². The van der Waals surface area contributed by atoms with Gasteiger partial charge in [-0.2, -0.15) is 0 Å². The van der Waals surface area contributed by atoms with Crippen molar-refractivity contribution in [2.45, 2.75) is 19.9 Å². The molecule has 5 heterocycles. The van der Waals surface area contributed by atoms with Gasteiger partial charge in [-0.05, 0) is 38.1 Å². The van der Waals surface area contributed by atoms with E-state index in [1.54, 1.807) is 49.8 Å². The van der Waals surface area contributed by atoms with E-state index in [2.05, 4.69) is 20.3 Å². The predicted molar refractivity (Wildman–Crippen MR) is 103 cm³/mol. The smallest absolute Gasteiger partial charge is 0.260 e. The molecule has 1 unspecified atom stereocenters. The first-order valence-corrected chi connectivity index (χ1v) is 8.96. The van der Waals surface area contributed by atoms with Gasteiger partial charge < -0.3 is 9.09 Å². The number of aryl methyl sites for hydroxylation is 1. The first-order valence-electron chi connectivity index (χ1n) is 8.96. The summed E-state index contributed by atoms with van der Waals surface area (Å²) in [6.45, 7) is 3.60. The van der Waals surface area contributed by atoms with E-state index in [1.807, 2.05) is 6.92 Å². The van der Waals surface area contributed by atoms with Crippen molar-refractivity contribution >= 4 is 16.6 Å². The Kier molecular flexibility index (Phi) is 3.76. The summed E-state index contributed by atoms with van der Waals surface area (Å²) in [5.74, 6) is 0.310. The van der Waals surface area contributed by atoms with Gasteiger partial charge in [-0.15, -0.1) is 10.2 Å². The topological polar surface area (TPSA) is 91.1 Å². The molecule has 8 nitrogen and oxygen atoms in total. The molecule has 0 bridgehead atoms. The van der Waals surface area contributed by atoms with Crippen LogP contribution in [0.3, 0.4) is 0 Å². The molecule has 0 aliphatic rings. The maximum atomic E-state index is 14.6. The number of nitrogens with zero attached hydrogens (tertiary/aromatic N) is 6. The molecule has 5 aromatic heterocycles. The number of hydrogen-bond donors (Lipinski definition) is 0. The molecule has 0 saturated heterocycles. The number of pyridine rings is 3. The lowest BCUT2D eigenvalue weighted by atomic mass is 10.2. The summed E-state index contributed by atoms with van der Waals surface area (Å²) in [5, 5.41) is 12.5. The number of halogens is 1. The van der Waals surface area contributed by atoms with Crippen molar-refractivity contribution in [3.63, 3.8) is 0 Å². The second-order valence-corrected chi connectivity index (χ2v) is 6.80. The summed E-state index contributed by atoms with van der Waals surface area (Å²) >= 11 is 0. The Morgan fingerprint density at radius 3 is 2.86 bits per heavy atom. The highest BCUT2D eigenvalue weighted by Gasteiger charge is 2.20. The molecule has 0 fully saturated rings. The number of fused-ring (bicyclic) bond motifs is 2. The minimum absolute atomic E-state index is 0.0716. The van der Waals surface area contributed by atoms with Gasteiger partial charge in [0, 0.05) is 30.2 Å². The molecule has 1 atom stereocenters. The molecule has 0 saturated carbocycles. The molecule has 29 heavy (non-hydrogen) atoms. The highest BCUT2D eigenvalue weighted by atomic mass is 19.1. The fourth-order valence-electron chi connectivity index (χ4n) is 3.41. The average Bonchev–Trinajstić information content (AvgIpc) is 3.34. The third-order valence-electron chi connectivity index (χ3n) is 4.89. The molecule has 0 amide bonds. The van der Waals surface area contributed by atoms with Crippen molar-refractivity contribution in [1.29, 1.82) is 0 Å². The summed E-state index contributed by atoms with van der Waals surface area (Å²) < 4.78 is 23.0. The van der Waals surface area contributed by atoms with Crippen LogP contribution in [-0.2, 0) is 0 Å². The van der Waals surface area contributed by atoms with Crippen LogP contribution in [0.4, 0.5) is 4.39 Å². The molecule has 144 valence electrons. The minimum Gasteiger partial charge on any atom is -0.356 e. The molecule has 0 radical (unpaired) electrons. The second-order valence-electron chi connectivity index (χ2n) is 6.80. The lowest BCUT2D eigenvalue weighted by Crippen LogP contribution is -2.25. The van der Waals surface area contributed by atoms with Crippen LogP contribution >= 0.6 is 0 Å². The van der Waals surface area contributed by atoms with Gasteiger partial charge in [-0.1, -0.05) is 5.16 Å². The van der Waals surface area contributed by atoms with E-state index in [0.717, 1.165) is 0 Å². The van der Waals surface area contributed by atoms with Crippen LogP contribution in [0.2, 0.25) is 0 Å². The van der Waals surface area contributed by atoms with Gasteiger partial charge in [-0.3, -0.25) is 14.2 Å². The Morgan fingerprint density at radius 2 is 2.07 bits per heavy atom. The van der Waals surface area contributed by atoms with Crippen LogP contribution in [0.15, 0.2) is 58.2 Å². The zero-order valence-corrected chi connectivity index (χ0v) is 15.6. The maximum absolute atomic E-state index is 14.6. The lowest BCUT2D eigenvalue weighted by Gasteiger charge is -2.14. The Morgan fingerprint density at radius 1 is 1.21 bits per heavy atom. The highest BCUT2D eigenvalue weighted by molar-refractivity contribution is 5.76. The third-order valence-corrected chi connectivity index (χ3v) is 4.89. The van der Waals surface area contributed by atoms with Crippen LogP contribution in [0.1, 0.15) is 24.5 Å². The fourth-order valence-corrected chi connectivity index (χ4v) is 3.41. The Bertz CT molecular complexity index is 1430. The molecule has 5 aromatic rings. The normalized spacial score (nSPS) is 12.7. The zero-order valence-electron chi connectivity index (χ0n) is 15.6. The second kappa shape index (κ2) is 6.33. The SMILES string of the molecule is Cc1cc(-c2cc(F)c3nnc(C(C)n4ccc5ncccc5c4=O)n3c2)on1. The number of aromatic nitrogens is 6. The number of hydrogen-bond acceptors (Lipinski definition) is 6. The van der Waals surface area contributed by atoms with E-state index < -0.39 is 11.9 Å². The molecule has 0 aliphatic carbocycles. The predicted octanol–water partition coefficient (Wildman–Crippen LogP) is 3.15. The fraction of sp³-hybridized carbons (Fsp3) is 0.150. The van der Waals surface area contributed by atoms with E-state index in [0.29, 0.717) is 33.7 Å². The van der Waals surface area contributed by atoms with E-state index >= 15 is 0 Å². The van der Waals surface area contributed by atoms with Crippen molar-refractivity contribution in [2.75, 3.05) is 0 Å². The van der Waals surface area contributed by atoms with Gasteiger partial charge in [0.05, 0.1) is 22.6 Å². The molecule has 0 aliphatic heterocycles. The first-order chi connectivity index (χ1) is 14.0. The zero-order chi connectivity index (χ0) is 20.1. The summed E-state index contributed by atoms with van der Waals surface area (Å²) in [6.07, 6.45) is 4.97. The maximum Gasteiger partial charge on any atom is 0.260 e. The first kappa shape index (κ1) is 17.2. The lowest BCUT2D eigenvalue weighted by molar-refractivity contribution is 0.426. The molecular formula is C20H15FN6O2. The van der Waals surface area contributed by atoms with Crippen molar-refractivity contribution in [3.05, 3.63) is 76.6 Å². The van der Waals surface area contributed by atoms with E-state index in [1.165, 1.54) is 15.0 Å². The quantitative estimate of drug-likeness (QED) is 0.470. The van der Waals surface area contributed by atoms with Crippen LogP contribution < -0.4 is 5.56 Å². The largest absolute Gasteiger partial charge is 0.356 e. The van der Waals surface area contributed by atoms with Crippen LogP contribution in [-0.4, -0.2) is 29.3 Å². The van der Waals surface area contributed by atoms with Crippen LogP contribution in [0.5, 0.6) is 0 Å². The molecular weight excluding hydrogens is 375 g/mol. The average molecular weight is 390 g/mol. The van der Waals surface area contributed by atoms with Crippen molar-refractivity contribution < 1.29 is 8.91 Å². The summed E-state index contributed by atoms with van der Waals surface area (Å²) in [4.78, 5) is 17.1. The molecule has 0 aromatic carbocycles. The van der Waals surface area contributed by atoms with Gasteiger partial charge in [-0.25, -0.2) is 4.39 Å². The Balaban J connectivity index is 1.68. The molecule has 0 spiro atoms. The molecule has 0 N–H and O–H groups in total. The van der Waals surface area contributed by atoms with Gasteiger partial charge in [0.1, 0.15) is 0 Å². The summed E-state index contributed by atoms with van der Waals surface area (Å²) in [7, 11) is 0. The van der Waals surface area contributed by atoms with Gasteiger partial charge in [0.25, 0.3) is 5.56 Å². The monoisotopic (exact) mass is 390 g/mol. The van der Waals surface area contributed by atoms with Crippen LogP contribution in [0, 0.1) is 12.7 Å². The number of rotatable bonds is 3. The van der Waals surface area contributed by atoms with Gasteiger partial charge >= 0.3 is 0 Å². The molecule has 5 rings (SSSR count). The Labute approximate surface area is 163 Å². The Hall–Kier alpha value is -3.88. The van der Waals surface area contributed by atoms with Crippen LogP contribution in [0.25, 0.3) is 27.9 Å². The standard InChI is InChI=1S/C20H15FN6O2/c1-11-8-17(29-25-11)13-9-15(21)19-24-23-18(27(19)10-13)12(2)26-7-5-16-14(20(26)28)4-3-6-22-16/h3-10,12H,1-2H3. The molecule has 9 heteroatoms. The van der Waals surface area contributed by atoms with E-state index in [4.69, 9.17) is 4.52 Å². The van der Waals surface area contributed by atoms with E-state index in [-0.39, 0.29) is 11.2 Å². The summed E-state index contributed by atoms with van der Waals surface area (Å²) in [5.41, 5.74) is 1.67.